The van der Waals surface area contributed by atoms with Gasteiger partial charge in [0.15, 0.2) is 0 Å². The zero-order chi connectivity index (χ0) is 13.9. The van der Waals surface area contributed by atoms with Gasteiger partial charge in [0.2, 0.25) is 0 Å². The normalized spacial score (nSPS) is 26.8. The Labute approximate surface area is 122 Å². The summed E-state index contributed by atoms with van der Waals surface area (Å²) >= 11 is 0. The molecule has 0 spiro atoms. The van der Waals surface area contributed by atoms with E-state index in [1.165, 1.54) is 30.5 Å². The first-order chi connectivity index (χ1) is 9.81. The maximum Gasteiger partial charge on any atom is 0.0713 e. The number of hydrogen-bond donors (Lipinski definition) is 1. The highest BCUT2D eigenvalue weighted by Gasteiger charge is 2.36. The first-order valence-corrected chi connectivity index (χ1v) is 7.89. The molecule has 1 saturated heterocycles. The quantitative estimate of drug-likeness (QED) is 0.893. The fraction of sp³-hybridized carbons (Fsp3) is 0.647. The van der Waals surface area contributed by atoms with Crippen LogP contribution in [0.2, 0.25) is 0 Å². The minimum Gasteiger partial charge on any atom is -0.380 e. The lowest BCUT2D eigenvalue weighted by Gasteiger charge is -2.42. The van der Waals surface area contributed by atoms with E-state index < -0.39 is 0 Å². The Balaban J connectivity index is 1.78. The van der Waals surface area contributed by atoms with E-state index in [2.05, 4.69) is 41.4 Å². The van der Waals surface area contributed by atoms with Gasteiger partial charge in [0.05, 0.1) is 6.61 Å². The fourth-order valence-electron chi connectivity index (χ4n) is 3.31. The van der Waals surface area contributed by atoms with Crippen molar-refractivity contribution >= 4 is 5.69 Å². The van der Waals surface area contributed by atoms with Gasteiger partial charge in [-0.05, 0) is 42.9 Å². The standard InChI is InChI=1S/C17H26N2O/c1-3-15-10-18-17(14-7-8-14)11-19(15)16-6-4-5-13(9-16)12-20-2/h4-6,9,14-15,17-18H,3,7-8,10-12H2,1-2H3. The van der Waals surface area contributed by atoms with Crippen molar-refractivity contribution < 1.29 is 4.74 Å². The molecule has 110 valence electrons. The van der Waals surface area contributed by atoms with E-state index in [4.69, 9.17) is 4.74 Å². The number of rotatable bonds is 5. The number of nitrogens with zero attached hydrogens (tertiary/aromatic N) is 1. The summed E-state index contributed by atoms with van der Waals surface area (Å²) in [5.74, 6) is 0.914. The molecule has 1 saturated carbocycles. The van der Waals surface area contributed by atoms with Crippen molar-refractivity contribution in [2.24, 2.45) is 5.92 Å². The van der Waals surface area contributed by atoms with Gasteiger partial charge in [0.25, 0.3) is 0 Å². The van der Waals surface area contributed by atoms with Gasteiger partial charge >= 0.3 is 0 Å². The Bertz CT molecular complexity index is 444. The van der Waals surface area contributed by atoms with Crippen LogP contribution in [0.25, 0.3) is 0 Å². The number of ether oxygens (including phenoxy) is 1. The molecule has 1 aromatic rings. The monoisotopic (exact) mass is 274 g/mol. The van der Waals surface area contributed by atoms with Crippen LogP contribution >= 0.6 is 0 Å². The third kappa shape index (κ3) is 2.99. The minimum absolute atomic E-state index is 0.614. The van der Waals surface area contributed by atoms with E-state index in [1.807, 2.05) is 0 Å². The number of methoxy groups -OCH3 is 1. The van der Waals surface area contributed by atoms with Gasteiger partial charge in [-0.1, -0.05) is 19.1 Å². The minimum atomic E-state index is 0.614. The number of benzene rings is 1. The second-order valence-electron chi connectivity index (χ2n) is 6.17. The maximum absolute atomic E-state index is 5.26. The van der Waals surface area contributed by atoms with Crippen LogP contribution in [0.1, 0.15) is 31.7 Å². The molecule has 0 amide bonds. The molecule has 3 nitrogen and oxygen atoms in total. The van der Waals surface area contributed by atoms with Crippen LogP contribution in [0, 0.1) is 5.92 Å². The van der Waals surface area contributed by atoms with Crippen LogP contribution in [0.5, 0.6) is 0 Å². The summed E-state index contributed by atoms with van der Waals surface area (Å²) in [5.41, 5.74) is 2.62. The molecular weight excluding hydrogens is 248 g/mol. The topological polar surface area (TPSA) is 24.5 Å². The number of hydrogen-bond acceptors (Lipinski definition) is 3. The zero-order valence-electron chi connectivity index (χ0n) is 12.6. The molecule has 3 heteroatoms. The van der Waals surface area contributed by atoms with E-state index >= 15 is 0 Å². The molecule has 2 unspecified atom stereocenters. The highest BCUT2D eigenvalue weighted by atomic mass is 16.5. The maximum atomic E-state index is 5.26. The second-order valence-corrected chi connectivity index (χ2v) is 6.17. The van der Waals surface area contributed by atoms with E-state index in [9.17, 15) is 0 Å². The van der Waals surface area contributed by atoms with Crippen LogP contribution in [0.15, 0.2) is 24.3 Å². The molecular formula is C17H26N2O. The van der Waals surface area contributed by atoms with Gasteiger partial charge in [0, 0.05) is 38.0 Å². The molecule has 3 rings (SSSR count). The van der Waals surface area contributed by atoms with E-state index in [0.717, 1.165) is 19.0 Å². The zero-order valence-corrected chi connectivity index (χ0v) is 12.6. The van der Waals surface area contributed by atoms with Crippen LogP contribution in [0.4, 0.5) is 5.69 Å². The fourth-order valence-corrected chi connectivity index (χ4v) is 3.31. The Morgan fingerprint density at radius 1 is 1.35 bits per heavy atom. The summed E-state index contributed by atoms with van der Waals surface area (Å²) < 4.78 is 5.26. The summed E-state index contributed by atoms with van der Waals surface area (Å²) in [7, 11) is 1.76. The van der Waals surface area contributed by atoms with Crippen LogP contribution < -0.4 is 10.2 Å². The molecule has 1 aliphatic carbocycles. The van der Waals surface area contributed by atoms with Crippen molar-refractivity contribution in [3.63, 3.8) is 0 Å². The molecule has 2 fully saturated rings. The average molecular weight is 274 g/mol. The second kappa shape index (κ2) is 6.15. The van der Waals surface area contributed by atoms with Gasteiger partial charge in [-0.15, -0.1) is 0 Å². The van der Waals surface area contributed by atoms with Crippen molar-refractivity contribution in [3.8, 4) is 0 Å². The van der Waals surface area contributed by atoms with Gasteiger partial charge in [-0.25, -0.2) is 0 Å². The molecule has 0 aromatic heterocycles. The number of anilines is 1. The van der Waals surface area contributed by atoms with Gasteiger partial charge in [-0.3, -0.25) is 0 Å². The first kappa shape index (κ1) is 13.9. The third-order valence-electron chi connectivity index (χ3n) is 4.67. The van der Waals surface area contributed by atoms with Crippen LogP contribution in [-0.4, -0.2) is 32.3 Å². The first-order valence-electron chi connectivity index (χ1n) is 7.89. The summed E-state index contributed by atoms with van der Waals surface area (Å²) in [4.78, 5) is 2.61. The Morgan fingerprint density at radius 3 is 2.90 bits per heavy atom. The lowest BCUT2D eigenvalue weighted by atomic mass is 10.0. The molecule has 1 heterocycles. The predicted molar refractivity (Wildman–Crippen MR) is 83.1 cm³/mol. The molecule has 2 atom stereocenters. The van der Waals surface area contributed by atoms with Crippen LogP contribution in [-0.2, 0) is 11.3 Å². The lowest BCUT2D eigenvalue weighted by molar-refractivity contribution is 0.185. The summed E-state index contributed by atoms with van der Waals surface area (Å²) in [6, 6.07) is 10.1. The van der Waals surface area contributed by atoms with Gasteiger partial charge in [-0.2, -0.15) is 0 Å². The molecule has 1 aromatic carbocycles. The smallest absolute Gasteiger partial charge is 0.0713 e. The average Bonchev–Trinajstić information content (AvgIpc) is 3.32. The van der Waals surface area contributed by atoms with Gasteiger partial charge < -0.3 is 15.0 Å². The predicted octanol–water partition coefficient (Wildman–Crippen LogP) is 2.80. The van der Waals surface area contributed by atoms with Crippen molar-refractivity contribution in [1.82, 2.24) is 5.32 Å². The molecule has 1 N–H and O–H groups in total. The molecule has 2 aliphatic rings. The molecule has 20 heavy (non-hydrogen) atoms. The summed E-state index contributed by atoms with van der Waals surface area (Å²) in [6.45, 7) is 5.25. The van der Waals surface area contributed by atoms with E-state index in [-0.39, 0.29) is 0 Å². The summed E-state index contributed by atoms with van der Waals surface area (Å²) in [6.07, 6.45) is 4.01. The third-order valence-corrected chi connectivity index (χ3v) is 4.67. The molecule has 1 aliphatic heterocycles. The highest BCUT2D eigenvalue weighted by Crippen LogP contribution is 2.35. The Kier molecular flexibility index (Phi) is 4.27. The number of piperazine rings is 1. The Morgan fingerprint density at radius 2 is 2.20 bits per heavy atom. The Hall–Kier alpha value is -1.06. The lowest BCUT2D eigenvalue weighted by Crippen LogP contribution is -2.57. The van der Waals surface area contributed by atoms with E-state index in [1.54, 1.807) is 7.11 Å². The van der Waals surface area contributed by atoms with Gasteiger partial charge in [0.1, 0.15) is 0 Å². The van der Waals surface area contributed by atoms with E-state index in [0.29, 0.717) is 18.7 Å². The van der Waals surface area contributed by atoms with Crippen molar-refractivity contribution in [1.29, 1.82) is 0 Å². The summed E-state index contributed by atoms with van der Waals surface area (Å²) in [5, 5.41) is 3.76. The van der Waals surface area contributed by atoms with Crippen molar-refractivity contribution in [2.45, 2.75) is 44.9 Å². The van der Waals surface area contributed by atoms with Crippen LogP contribution in [0.3, 0.4) is 0 Å². The highest BCUT2D eigenvalue weighted by molar-refractivity contribution is 5.50. The number of nitrogens with one attached hydrogen (secondary N) is 1. The molecule has 0 radical (unpaired) electrons. The molecule has 0 bridgehead atoms. The van der Waals surface area contributed by atoms with Crippen molar-refractivity contribution in [3.05, 3.63) is 29.8 Å². The largest absolute Gasteiger partial charge is 0.380 e. The van der Waals surface area contributed by atoms with Crippen molar-refractivity contribution in [2.75, 3.05) is 25.1 Å². The SMILES string of the molecule is CCC1CNC(C2CC2)CN1c1cccc(COC)c1.